The van der Waals surface area contributed by atoms with Gasteiger partial charge in [-0.15, -0.1) is 0 Å². The van der Waals surface area contributed by atoms with Crippen LogP contribution in [0.5, 0.6) is 0 Å². The molecule has 0 bridgehead atoms. The Morgan fingerprint density at radius 2 is 2.12 bits per heavy atom. The summed E-state index contributed by atoms with van der Waals surface area (Å²) in [4.78, 5) is 12.5. The first-order valence-corrected chi connectivity index (χ1v) is 9.10. The van der Waals surface area contributed by atoms with Crippen molar-refractivity contribution in [1.29, 1.82) is 0 Å². The van der Waals surface area contributed by atoms with Crippen molar-refractivity contribution in [2.75, 3.05) is 13.2 Å². The highest BCUT2D eigenvalue weighted by atomic mass is 16.5. The Morgan fingerprint density at radius 3 is 2.67 bits per heavy atom. The summed E-state index contributed by atoms with van der Waals surface area (Å²) in [6.45, 7) is 11.9. The van der Waals surface area contributed by atoms with Crippen molar-refractivity contribution in [3.05, 3.63) is 17.0 Å². The van der Waals surface area contributed by atoms with Gasteiger partial charge in [-0.2, -0.15) is 5.10 Å². The van der Waals surface area contributed by atoms with Gasteiger partial charge in [0.05, 0.1) is 11.8 Å². The standard InChI is InChI=1S/C19H33N3O2/c1-13(11-16-14(2)21-22(6)15(16)3)18(23)20-12-19(4,5)17-9-7-8-10-24-17/h13,17H,7-12H2,1-6H3,(H,20,23)/t13-,17+/m0/s1. The number of nitrogens with one attached hydrogen (secondary N) is 1. The van der Waals surface area contributed by atoms with Crippen LogP contribution in [0.1, 0.15) is 57.0 Å². The topological polar surface area (TPSA) is 56.2 Å². The number of amides is 1. The number of hydrogen-bond acceptors (Lipinski definition) is 3. The smallest absolute Gasteiger partial charge is 0.223 e. The zero-order chi connectivity index (χ0) is 17.9. The van der Waals surface area contributed by atoms with Crippen molar-refractivity contribution in [3.8, 4) is 0 Å². The fourth-order valence-electron chi connectivity index (χ4n) is 3.47. The van der Waals surface area contributed by atoms with E-state index in [4.69, 9.17) is 4.74 Å². The number of aryl methyl sites for hydroxylation is 2. The van der Waals surface area contributed by atoms with Crippen molar-refractivity contribution in [1.82, 2.24) is 15.1 Å². The van der Waals surface area contributed by atoms with Crippen LogP contribution in [0.4, 0.5) is 0 Å². The lowest BCUT2D eigenvalue weighted by Gasteiger charge is -2.37. The molecule has 1 aromatic heterocycles. The predicted octanol–water partition coefficient (Wildman–Crippen LogP) is 2.93. The van der Waals surface area contributed by atoms with Gasteiger partial charge in [-0.05, 0) is 45.1 Å². The second-order valence-corrected chi connectivity index (χ2v) is 7.94. The number of hydrogen-bond donors (Lipinski definition) is 1. The van der Waals surface area contributed by atoms with Crippen LogP contribution in [0.2, 0.25) is 0 Å². The largest absolute Gasteiger partial charge is 0.378 e. The van der Waals surface area contributed by atoms with Gasteiger partial charge in [0.25, 0.3) is 0 Å². The van der Waals surface area contributed by atoms with Crippen molar-refractivity contribution < 1.29 is 9.53 Å². The van der Waals surface area contributed by atoms with E-state index in [2.05, 4.69) is 31.2 Å². The van der Waals surface area contributed by atoms with E-state index in [1.165, 1.54) is 12.0 Å². The number of ether oxygens (including phenoxy) is 1. The molecule has 0 aliphatic carbocycles. The third kappa shape index (κ3) is 4.38. The molecular weight excluding hydrogens is 302 g/mol. The molecule has 24 heavy (non-hydrogen) atoms. The molecule has 1 saturated heterocycles. The Kier molecular flexibility index (Phi) is 6.07. The fourth-order valence-corrected chi connectivity index (χ4v) is 3.47. The van der Waals surface area contributed by atoms with Crippen LogP contribution in [-0.4, -0.2) is 34.9 Å². The molecule has 5 heteroatoms. The van der Waals surface area contributed by atoms with E-state index in [0.29, 0.717) is 6.54 Å². The molecule has 0 spiro atoms. The predicted molar refractivity (Wildman–Crippen MR) is 95.9 cm³/mol. The number of carbonyl (C=O) groups excluding carboxylic acids is 1. The minimum absolute atomic E-state index is 0.0318. The van der Waals surface area contributed by atoms with Crippen LogP contribution < -0.4 is 5.32 Å². The van der Waals surface area contributed by atoms with Gasteiger partial charge in [-0.25, -0.2) is 0 Å². The third-order valence-corrected chi connectivity index (χ3v) is 5.39. The molecule has 1 aromatic rings. The van der Waals surface area contributed by atoms with Gasteiger partial charge >= 0.3 is 0 Å². The summed E-state index contributed by atoms with van der Waals surface area (Å²) in [6.07, 6.45) is 4.44. The zero-order valence-corrected chi connectivity index (χ0v) is 16.1. The van der Waals surface area contributed by atoms with Crippen LogP contribution in [0.25, 0.3) is 0 Å². The molecule has 136 valence electrons. The molecule has 0 aromatic carbocycles. The quantitative estimate of drug-likeness (QED) is 0.869. The minimum atomic E-state index is -0.0605. The first-order chi connectivity index (χ1) is 11.2. The average Bonchev–Trinajstić information content (AvgIpc) is 2.79. The summed E-state index contributed by atoms with van der Waals surface area (Å²) in [6, 6.07) is 0. The highest BCUT2D eigenvalue weighted by molar-refractivity contribution is 5.78. The number of rotatable bonds is 6. The lowest BCUT2D eigenvalue weighted by molar-refractivity contribution is -0.125. The summed E-state index contributed by atoms with van der Waals surface area (Å²) in [7, 11) is 1.95. The van der Waals surface area contributed by atoms with Gasteiger partial charge < -0.3 is 10.1 Å². The van der Waals surface area contributed by atoms with Gasteiger partial charge in [0.2, 0.25) is 5.91 Å². The van der Waals surface area contributed by atoms with Crippen molar-refractivity contribution in [2.45, 2.75) is 66.4 Å². The number of carbonyl (C=O) groups is 1. The second-order valence-electron chi connectivity index (χ2n) is 7.94. The van der Waals surface area contributed by atoms with E-state index >= 15 is 0 Å². The third-order valence-electron chi connectivity index (χ3n) is 5.39. The maximum atomic E-state index is 12.5. The number of aromatic nitrogens is 2. The Morgan fingerprint density at radius 1 is 1.42 bits per heavy atom. The molecule has 1 N–H and O–H groups in total. The summed E-state index contributed by atoms with van der Waals surface area (Å²) in [5, 5.41) is 7.58. The van der Waals surface area contributed by atoms with Gasteiger partial charge in [0.1, 0.15) is 0 Å². The van der Waals surface area contributed by atoms with Gasteiger partial charge in [-0.3, -0.25) is 9.48 Å². The van der Waals surface area contributed by atoms with E-state index in [9.17, 15) is 4.79 Å². The Hall–Kier alpha value is -1.36. The molecular formula is C19H33N3O2. The van der Waals surface area contributed by atoms with Crippen LogP contribution >= 0.6 is 0 Å². The molecule has 1 aliphatic heterocycles. The molecule has 2 heterocycles. The van der Waals surface area contributed by atoms with Crippen molar-refractivity contribution in [3.63, 3.8) is 0 Å². The fraction of sp³-hybridized carbons (Fsp3) is 0.789. The average molecular weight is 335 g/mol. The highest BCUT2D eigenvalue weighted by Crippen LogP contribution is 2.29. The van der Waals surface area contributed by atoms with Crippen LogP contribution in [0, 0.1) is 25.2 Å². The normalized spacial score (nSPS) is 20.0. The van der Waals surface area contributed by atoms with Crippen LogP contribution in [-0.2, 0) is 23.0 Å². The first kappa shape index (κ1) is 19.0. The Bertz CT molecular complexity index is 571. The lowest BCUT2D eigenvalue weighted by atomic mass is 9.82. The van der Waals surface area contributed by atoms with Gasteiger partial charge in [0, 0.05) is 37.2 Å². The van der Waals surface area contributed by atoms with E-state index in [0.717, 1.165) is 37.3 Å². The van der Waals surface area contributed by atoms with E-state index in [1.807, 2.05) is 25.6 Å². The molecule has 1 aliphatic rings. The molecule has 2 rings (SSSR count). The van der Waals surface area contributed by atoms with Crippen LogP contribution in [0.15, 0.2) is 0 Å². The Labute approximate surface area is 146 Å². The molecule has 0 radical (unpaired) electrons. The molecule has 0 saturated carbocycles. The summed E-state index contributed by atoms with van der Waals surface area (Å²) in [5.41, 5.74) is 3.32. The minimum Gasteiger partial charge on any atom is -0.378 e. The molecule has 1 amide bonds. The summed E-state index contributed by atoms with van der Waals surface area (Å²) in [5.74, 6) is 0.0520. The highest BCUT2D eigenvalue weighted by Gasteiger charge is 2.32. The van der Waals surface area contributed by atoms with Crippen molar-refractivity contribution in [2.24, 2.45) is 18.4 Å². The van der Waals surface area contributed by atoms with Gasteiger partial charge in [0.15, 0.2) is 0 Å². The summed E-state index contributed by atoms with van der Waals surface area (Å²) >= 11 is 0. The Balaban J connectivity index is 1.89. The maximum absolute atomic E-state index is 12.5. The summed E-state index contributed by atoms with van der Waals surface area (Å²) < 4.78 is 7.79. The zero-order valence-electron chi connectivity index (χ0n) is 16.1. The molecule has 1 fully saturated rings. The van der Waals surface area contributed by atoms with E-state index < -0.39 is 0 Å². The van der Waals surface area contributed by atoms with E-state index in [-0.39, 0.29) is 23.3 Å². The maximum Gasteiger partial charge on any atom is 0.223 e. The lowest BCUT2D eigenvalue weighted by Crippen LogP contribution is -2.45. The monoisotopic (exact) mass is 335 g/mol. The van der Waals surface area contributed by atoms with Crippen molar-refractivity contribution >= 4 is 5.91 Å². The molecule has 0 unspecified atom stereocenters. The van der Waals surface area contributed by atoms with E-state index in [1.54, 1.807) is 0 Å². The van der Waals surface area contributed by atoms with Crippen LogP contribution in [0.3, 0.4) is 0 Å². The van der Waals surface area contributed by atoms with Gasteiger partial charge in [-0.1, -0.05) is 20.8 Å². The number of nitrogens with zero attached hydrogens (tertiary/aromatic N) is 2. The second kappa shape index (κ2) is 7.68. The molecule has 5 nitrogen and oxygen atoms in total. The molecule has 2 atom stereocenters. The SMILES string of the molecule is Cc1nn(C)c(C)c1C[C@H](C)C(=O)NCC(C)(C)[C@H]1CCCCO1. The first-order valence-electron chi connectivity index (χ1n) is 9.10.